The molecule has 19 heavy (non-hydrogen) atoms. The average molecular weight is 277 g/mol. The van der Waals surface area contributed by atoms with Gasteiger partial charge in [0.2, 0.25) is 0 Å². The smallest absolute Gasteiger partial charge is 0.123 e. The van der Waals surface area contributed by atoms with Crippen molar-refractivity contribution >= 4 is 11.8 Å². The van der Waals surface area contributed by atoms with E-state index in [1.807, 2.05) is 19.1 Å². The zero-order chi connectivity index (χ0) is 13.2. The average Bonchev–Trinajstić information content (AvgIpc) is 2.82. The maximum absolute atomic E-state index is 13.4. The fourth-order valence-electron chi connectivity index (χ4n) is 2.38. The van der Waals surface area contributed by atoms with Crippen molar-refractivity contribution in [2.24, 2.45) is 0 Å². The van der Waals surface area contributed by atoms with Crippen LogP contribution >= 0.6 is 11.8 Å². The molecule has 0 bridgehead atoms. The molecule has 1 atom stereocenters. The number of halogens is 1. The molecule has 0 spiro atoms. The van der Waals surface area contributed by atoms with Crippen molar-refractivity contribution in [2.75, 3.05) is 5.75 Å². The number of thioether (sulfide) groups is 1. The molecule has 1 aliphatic heterocycles. The van der Waals surface area contributed by atoms with Gasteiger partial charge in [0.1, 0.15) is 11.6 Å². The lowest BCUT2D eigenvalue weighted by Crippen LogP contribution is -2.24. The molecule has 100 valence electrons. The van der Waals surface area contributed by atoms with Gasteiger partial charge in [0, 0.05) is 10.9 Å². The number of nitrogens with one attached hydrogen (secondary N) is 1. The Hall–Kier alpha value is -1.26. The second-order valence-corrected chi connectivity index (χ2v) is 5.92. The zero-order valence-electron chi connectivity index (χ0n) is 10.8. The van der Waals surface area contributed by atoms with Crippen LogP contribution in [0.1, 0.15) is 29.3 Å². The molecule has 0 radical (unpaired) electrons. The minimum Gasteiger partial charge on any atom is -0.468 e. The van der Waals surface area contributed by atoms with Crippen LogP contribution in [0.4, 0.5) is 4.39 Å². The molecule has 1 N–H and O–H groups in total. The van der Waals surface area contributed by atoms with E-state index in [1.54, 1.807) is 24.1 Å². The van der Waals surface area contributed by atoms with E-state index in [9.17, 15) is 4.39 Å². The largest absolute Gasteiger partial charge is 0.468 e. The Morgan fingerprint density at radius 2 is 2.32 bits per heavy atom. The predicted molar refractivity (Wildman–Crippen MR) is 74.8 cm³/mol. The first-order chi connectivity index (χ1) is 9.24. The lowest BCUT2D eigenvalue weighted by molar-refractivity contribution is 0.436. The standard InChI is InChI=1S/C15H16FNOS/c1-10-4-6-18-14(10)9-17-13-5-7-19-15-3-2-11(16)8-12(13)15/h2-4,6,8,13,17H,5,7,9H2,1H3. The fraction of sp³-hybridized carbons (Fsp3) is 0.333. The molecule has 0 aliphatic carbocycles. The van der Waals surface area contributed by atoms with Gasteiger partial charge in [-0.05, 0) is 54.5 Å². The van der Waals surface area contributed by atoms with Crippen molar-refractivity contribution in [1.82, 2.24) is 5.32 Å². The van der Waals surface area contributed by atoms with Gasteiger partial charge in [-0.2, -0.15) is 0 Å². The van der Waals surface area contributed by atoms with Crippen LogP contribution in [0.2, 0.25) is 0 Å². The van der Waals surface area contributed by atoms with Gasteiger partial charge in [-0.15, -0.1) is 11.8 Å². The number of rotatable bonds is 3. The Labute approximate surface area is 116 Å². The van der Waals surface area contributed by atoms with Gasteiger partial charge in [0.15, 0.2) is 0 Å². The molecule has 0 amide bonds. The summed E-state index contributed by atoms with van der Waals surface area (Å²) in [5, 5.41) is 3.47. The molecule has 2 nitrogen and oxygen atoms in total. The zero-order valence-corrected chi connectivity index (χ0v) is 11.6. The van der Waals surface area contributed by atoms with E-state index < -0.39 is 0 Å². The maximum atomic E-state index is 13.4. The number of hydrogen-bond acceptors (Lipinski definition) is 3. The van der Waals surface area contributed by atoms with Gasteiger partial charge in [-0.1, -0.05) is 0 Å². The van der Waals surface area contributed by atoms with Crippen molar-refractivity contribution in [3.63, 3.8) is 0 Å². The van der Waals surface area contributed by atoms with Gasteiger partial charge in [-0.25, -0.2) is 4.39 Å². The Morgan fingerprint density at radius 1 is 1.42 bits per heavy atom. The van der Waals surface area contributed by atoms with Gasteiger partial charge in [-0.3, -0.25) is 0 Å². The summed E-state index contributed by atoms with van der Waals surface area (Å²) in [5.74, 6) is 1.85. The minimum absolute atomic E-state index is 0.165. The van der Waals surface area contributed by atoms with Crippen molar-refractivity contribution in [3.05, 3.63) is 53.2 Å². The first-order valence-electron chi connectivity index (χ1n) is 6.42. The van der Waals surface area contributed by atoms with Crippen LogP contribution in [-0.4, -0.2) is 5.75 Å². The third-order valence-electron chi connectivity index (χ3n) is 3.49. The Bertz CT molecular complexity index is 581. The molecule has 0 saturated heterocycles. The summed E-state index contributed by atoms with van der Waals surface area (Å²) in [4.78, 5) is 1.18. The first kappa shape index (κ1) is 12.8. The van der Waals surface area contributed by atoms with Gasteiger partial charge in [0.25, 0.3) is 0 Å². The van der Waals surface area contributed by atoms with Crippen LogP contribution in [0, 0.1) is 12.7 Å². The molecule has 2 heterocycles. The fourth-order valence-corrected chi connectivity index (χ4v) is 3.48. The van der Waals surface area contributed by atoms with Crippen LogP contribution in [0.25, 0.3) is 0 Å². The van der Waals surface area contributed by atoms with Crippen LogP contribution in [0.5, 0.6) is 0 Å². The van der Waals surface area contributed by atoms with E-state index in [0.29, 0.717) is 6.54 Å². The lowest BCUT2D eigenvalue weighted by atomic mass is 10.0. The highest BCUT2D eigenvalue weighted by Gasteiger charge is 2.21. The van der Waals surface area contributed by atoms with Crippen molar-refractivity contribution in [3.8, 4) is 0 Å². The van der Waals surface area contributed by atoms with Crippen molar-refractivity contribution < 1.29 is 8.81 Å². The van der Waals surface area contributed by atoms with E-state index in [-0.39, 0.29) is 11.9 Å². The summed E-state index contributed by atoms with van der Waals surface area (Å²) >= 11 is 1.80. The highest BCUT2D eigenvalue weighted by Crippen LogP contribution is 2.36. The number of fused-ring (bicyclic) bond motifs is 1. The second-order valence-electron chi connectivity index (χ2n) is 4.78. The molecule has 4 heteroatoms. The van der Waals surface area contributed by atoms with Crippen molar-refractivity contribution in [2.45, 2.75) is 30.8 Å². The van der Waals surface area contributed by atoms with Crippen LogP contribution in [0.3, 0.4) is 0 Å². The lowest BCUT2D eigenvalue weighted by Gasteiger charge is -2.25. The first-order valence-corrected chi connectivity index (χ1v) is 7.41. The van der Waals surface area contributed by atoms with E-state index in [1.165, 1.54) is 11.0 Å². The molecule has 1 aromatic carbocycles. The molecule has 1 aromatic heterocycles. The van der Waals surface area contributed by atoms with Gasteiger partial charge < -0.3 is 9.73 Å². The van der Waals surface area contributed by atoms with Crippen molar-refractivity contribution in [1.29, 1.82) is 0 Å². The molecule has 1 aliphatic rings. The van der Waals surface area contributed by atoms with E-state index in [2.05, 4.69) is 5.32 Å². The topological polar surface area (TPSA) is 25.2 Å². The summed E-state index contributed by atoms with van der Waals surface area (Å²) in [6.45, 7) is 2.72. The van der Waals surface area contributed by atoms with Crippen LogP contribution in [-0.2, 0) is 6.54 Å². The van der Waals surface area contributed by atoms with E-state index in [0.717, 1.165) is 29.1 Å². The number of aryl methyl sites for hydroxylation is 1. The summed E-state index contributed by atoms with van der Waals surface area (Å²) < 4.78 is 18.8. The molecular formula is C15H16FNOS. The highest BCUT2D eigenvalue weighted by molar-refractivity contribution is 7.99. The van der Waals surface area contributed by atoms with Gasteiger partial charge >= 0.3 is 0 Å². The minimum atomic E-state index is -0.165. The molecule has 3 rings (SSSR count). The highest BCUT2D eigenvalue weighted by atomic mass is 32.2. The number of furan rings is 1. The predicted octanol–water partition coefficient (Wildman–Crippen LogP) is 4.05. The third-order valence-corrected chi connectivity index (χ3v) is 4.61. The molecule has 0 saturated carbocycles. The maximum Gasteiger partial charge on any atom is 0.123 e. The monoisotopic (exact) mass is 277 g/mol. The Balaban J connectivity index is 1.76. The number of hydrogen-bond donors (Lipinski definition) is 1. The molecule has 2 aromatic rings. The Morgan fingerprint density at radius 3 is 3.11 bits per heavy atom. The van der Waals surface area contributed by atoms with Crippen LogP contribution < -0.4 is 5.32 Å². The van der Waals surface area contributed by atoms with Gasteiger partial charge in [0.05, 0.1) is 12.8 Å². The summed E-state index contributed by atoms with van der Waals surface area (Å²) in [6.07, 6.45) is 2.72. The summed E-state index contributed by atoms with van der Waals surface area (Å²) in [6, 6.07) is 7.22. The SMILES string of the molecule is Cc1ccoc1CNC1CCSc2ccc(F)cc21. The summed E-state index contributed by atoms with van der Waals surface area (Å²) in [5.41, 5.74) is 2.22. The second kappa shape index (κ2) is 5.39. The van der Waals surface area contributed by atoms with E-state index >= 15 is 0 Å². The van der Waals surface area contributed by atoms with Crippen LogP contribution in [0.15, 0.2) is 39.8 Å². The third kappa shape index (κ3) is 2.69. The quantitative estimate of drug-likeness (QED) is 0.916. The Kier molecular flexibility index (Phi) is 3.62. The normalized spacial score (nSPS) is 18.3. The molecule has 1 unspecified atom stereocenters. The summed E-state index contributed by atoms with van der Waals surface area (Å²) in [7, 11) is 0. The molecule has 0 fully saturated rings. The van der Waals surface area contributed by atoms with E-state index in [4.69, 9.17) is 4.42 Å². The number of benzene rings is 1. The molecular weight excluding hydrogens is 261 g/mol.